The van der Waals surface area contributed by atoms with Crippen LogP contribution in [0.5, 0.6) is 0 Å². The molecule has 0 saturated carbocycles. The summed E-state index contributed by atoms with van der Waals surface area (Å²) in [5, 5.41) is 5.28. The van der Waals surface area contributed by atoms with Gasteiger partial charge < -0.3 is 15.0 Å². The van der Waals surface area contributed by atoms with Crippen LogP contribution in [0.3, 0.4) is 0 Å². The van der Waals surface area contributed by atoms with Crippen LogP contribution in [0.2, 0.25) is 0 Å². The minimum absolute atomic E-state index is 0.111. The maximum atomic E-state index is 11.6. The van der Waals surface area contributed by atoms with Gasteiger partial charge >= 0.3 is 0 Å². The maximum Gasteiger partial charge on any atom is 0.244 e. The minimum Gasteiger partial charge on any atom is -0.355 e. The van der Waals surface area contributed by atoms with Crippen molar-refractivity contribution in [3.8, 4) is 0 Å². The fraction of sp³-hybridized carbons (Fsp3) is 0.214. The van der Waals surface area contributed by atoms with Gasteiger partial charge in [-0.2, -0.15) is 0 Å². The predicted molar refractivity (Wildman–Crippen MR) is 75.9 cm³/mol. The predicted octanol–water partition coefficient (Wildman–Crippen LogP) is 0.600. The van der Waals surface area contributed by atoms with Crippen LogP contribution < -0.4 is 10.6 Å². The first-order chi connectivity index (χ1) is 9.66. The summed E-state index contributed by atoms with van der Waals surface area (Å²) in [7, 11) is 0. The van der Waals surface area contributed by atoms with E-state index >= 15 is 0 Å². The second kappa shape index (κ2) is 6.51. The van der Waals surface area contributed by atoms with Crippen LogP contribution >= 0.6 is 0 Å². The Hall–Kier alpha value is -2.63. The highest BCUT2D eigenvalue weighted by atomic mass is 16.2. The number of hydrogen-bond donors (Lipinski definition) is 2. The first-order valence-electron chi connectivity index (χ1n) is 6.29. The molecule has 0 aliphatic heterocycles. The minimum atomic E-state index is -0.207. The van der Waals surface area contributed by atoms with Gasteiger partial charge in [-0.05, 0) is 18.2 Å². The van der Waals surface area contributed by atoms with Crippen molar-refractivity contribution in [2.75, 3.05) is 13.1 Å². The zero-order valence-corrected chi connectivity index (χ0v) is 11.2. The number of carbonyl (C=O) groups is 2. The van der Waals surface area contributed by atoms with Crippen molar-refractivity contribution in [1.29, 1.82) is 0 Å². The second-order valence-electron chi connectivity index (χ2n) is 4.22. The number of rotatable bonds is 5. The van der Waals surface area contributed by atoms with E-state index in [2.05, 4.69) is 15.6 Å². The summed E-state index contributed by atoms with van der Waals surface area (Å²) in [6, 6.07) is 5.70. The molecule has 0 atom stereocenters. The molecule has 2 N–H and O–H groups in total. The first kappa shape index (κ1) is 13.8. The topological polar surface area (TPSA) is 75.5 Å². The molecule has 2 aromatic rings. The molecule has 20 heavy (non-hydrogen) atoms. The van der Waals surface area contributed by atoms with Crippen LogP contribution in [0.4, 0.5) is 0 Å². The molecule has 0 spiro atoms. The number of pyridine rings is 1. The van der Waals surface area contributed by atoms with Crippen LogP contribution in [0, 0.1) is 0 Å². The molecule has 0 bridgehead atoms. The molecular formula is C14H16N4O2. The number of aromatic nitrogens is 2. The van der Waals surface area contributed by atoms with Gasteiger partial charge in [0.1, 0.15) is 5.65 Å². The molecule has 2 amide bonds. The normalized spacial score (nSPS) is 10.8. The Morgan fingerprint density at radius 2 is 2.10 bits per heavy atom. The maximum absolute atomic E-state index is 11.6. The van der Waals surface area contributed by atoms with Gasteiger partial charge in [-0.15, -0.1) is 0 Å². The van der Waals surface area contributed by atoms with Crippen molar-refractivity contribution in [2.24, 2.45) is 0 Å². The van der Waals surface area contributed by atoms with Gasteiger partial charge in [0.05, 0.1) is 11.9 Å². The Labute approximate surface area is 116 Å². The quantitative estimate of drug-likeness (QED) is 0.618. The van der Waals surface area contributed by atoms with Gasteiger partial charge in [0.2, 0.25) is 11.8 Å². The molecule has 2 rings (SSSR count). The Balaban J connectivity index is 1.89. The molecule has 104 valence electrons. The number of fused-ring (bicyclic) bond motifs is 1. The van der Waals surface area contributed by atoms with Gasteiger partial charge in [0, 0.05) is 32.3 Å². The number of carbonyl (C=O) groups excluding carboxylic acids is 2. The number of hydrogen-bond acceptors (Lipinski definition) is 3. The summed E-state index contributed by atoms with van der Waals surface area (Å²) < 4.78 is 1.89. The van der Waals surface area contributed by atoms with E-state index in [-0.39, 0.29) is 11.8 Å². The third kappa shape index (κ3) is 3.68. The lowest BCUT2D eigenvalue weighted by atomic mass is 10.3. The summed E-state index contributed by atoms with van der Waals surface area (Å²) in [6.45, 7) is 2.26. The molecule has 6 heteroatoms. The summed E-state index contributed by atoms with van der Waals surface area (Å²) >= 11 is 0. The highest BCUT2D eigenvalue weighted by Crippen LogP contribution is 2.07. The van der Waals surface area contributed by atoms with Crippen LogP contribution in [0.1, 0.15) is 12.6 Å². The van der Waals surface area contributed by atoms with E-state index in [4.69, 9.17) is 0 Å². The monoisotopic (exact) mass is 272 g/mol. The zero-order chi connectivity index (χ0) is 14.4. The number of nitrogens with one attached hydrogen (secondary N) is 2. The van der Waals surface area contributed by atoms with Gasteiger partial charge in [0.15, 0.2) is 0 Å². The Bertz CT molecular complexity index is 645. The summed E-state index contributed by atoms with van der Waals surface area (Å²) in [6.07, 6.45) is 6.74. The van der Waals surface area contributed by atoms with Crippen LogP contribution in [0.15, 0.2) is 36.7 Å². The third-order valence-corrected chi connectivity index (χ3v) is 2.65. The third-order valence-electron chi connectivity index (χ3n) is 2.65. The Morgan fingerprint density at radius 1 is 1.30 bits per heavy atom. The molecule has 0 aromatic carbocycles. The molecule has 0 saturated heterocycles. The standard InChI is InChI=1S/C14H16N4O2/c1-11(19)15-7-8-16-14(20)6-5-12-10-17-13-4-2-3-9-18(12)13/h2-6,9-10H,7-8H2,1H3,(H,15,19)(H,16,20)/b6-5+. The van der Waals surface area contributed by atoms with E-state index in [0.29, 0.717) is 13.1 Å². The van der Waals surface area contributed by atoms with Gasteiger partial charge in [-0.25, -0.2) is 4.98 Å². The fourth-order valence-electron chi connectivity index (χ4n) is 1.72. The van der Waals surface area contributed by atoms with Crippen molar-refractivity contribution >= 4 is 23.5 Å². The Kier molecular flexibility index (Phi) is 4.49. The summed E-state index contributed by atoms with van der Waals surface area (Å²) in [4.78, 5) is 26.4. The smallest absolute Gasteiger partial charge is 0.244 e. The second-order valence-corrected chi connectivity index (χ2v) is 4.22. The number of imidazole rings is 1. The van der Waals surface area contributed by atoms with Gasteiger partial charge in [-0.3, -0.25) is 9.59 Å². The van der Waals surface area contributed by atoms with Crippen LogP contribution in [-0.2, 0) is 9.59 Å². The lowest BCUT2D eigenvalue weighted by Crippen LogP contribution is -2.32. The van der Waals surface area contributed by atoms with E-state index in [1.54, 1.807) is 12.3 Å². The molecule has 0 aliphatic carbocycles. The molecule has 2 aromatic heterocycles. The van der Waals surface area contributed by atoms with E-state index in [1.165, 1.54) is 13.0 Å². The van der Waals surface area contributed by atoms with Crippen molar-refractivity contribution in [2.45, 2.75) is 6.92 Å². The number of nitrogens with zero attached hydrogens (tertiary/aromatic N) is 2. The van der Waals surface area contributed by atoms with E-state index < -0.39 is 0 Å². The van der Waals surface area contributed by atoms with Crippen molar-refractivity contribution < 1.29 is 9.59 Å². The van der Waals surface area contributed by atoms with E-state index in [0.717, 1.165) is 11.3 Å². The highest BCUT2D eigenvalue weighted by Gasteiger charge is 2.00. The fourth-order valence-corrected chi connectivity index (χ4v) is 1.72. The van der Waals surface area contributed by atoms with Crippen molar-refractivity contribution in [3.05, 3.63) is 42.4 Å². The number of amides is 2. The highest BCUT2D eigenvalue weighted by molar-refractivity contribution is 5.91. The van der Waals surface area contributed by atoms with Crippen LogP contribution in [-0.4, -0.2) is 34.3 Å². The van der Waals surface area contributed by atoms with E-state index in [1.807, 2.05) is 28.8 Å². The summed E-state index contributed by atoms with van der Waals surface area (Å²) in [5.41, 5.74) is 1.66. The van der Waals surface area contributed by atoms with Gasteiger partial charge in [-0.1, -0.05) is 6.07 Å². The molecule has 0 radical (unpaired) electrons. The molecule has 0 unspecified atom stereocenters. The van der Waals surface area contributed by atoms with Crippen molar-refractivity contribution in [3.63, 3.8) is 0 Å². The molecule has 0 aliphatic rings. The largest absolute Gasteiger partial charge is 0.355 e. The van der Waals surface area contributed by atoms with Crippen molar-refractivity contribution in [1.82, 2.24) is 20.0 Å². The average Bonchev–Trinajstić information content (AvgIpc) is 2.84. The molecule has 2 heterocycles. The molecule has 6 nitrogen and oxygen atoms in total. The van der Waals surface area contributed by atoms with Crippen LogP contribution in [0.25, 0.3) is 11.7 Å². The molecule has 0 fully saturated rings. The average molecular weight is 272 g/mol. The zero-order valence-electron chi connectivity index (χ0n) is 11.2. The first-order valence-corrected chi connectivity index (χ1v) is 6.29. The Morgan fingerprint density at radius 3 is 2.90 bits per heavy atom. The summed E-state index contributed by atoms with van der Waals surface area (Å²) in [5.74, 6) is -0.318. The lowest BCUT2D eigenvalue weighted by molar-refractivity contribution is -0.119. The van der Waals surface area contributed by atoms with Gasteiger partial charge in [0.25, 0.3) is 0 Å². The van der Waals surface area contributed by atoms with E-state index in [9.17, 15) is 9.59 Å². The lowest BCUT2D eigenvalue weighted by Gasteiger charge is -2.02. The molecular weight excluding hydrogens is 256 g/mol. The SMILES string of the molecule is CC(=O)NCCNC(=O)/C=C/c1cnc2ccccn12.